The zero-order valence-corrected chi connectivity index (χ0v) is 21.3. The van der Waals surface area contributed by atoms with Gasteiger partial charge in [-0.25, -0.2) is 0 Å². The molecule has 1 saturated carbocycles. The number of carbonyl (C=O) groups is 3. The van der Waals surface area contributed by atoms with Crippen molar-refractivity contribution in [2.75, 3.05) is 13.2 Å². The van der Waals surface area contributed by atoms with Crippen LogP contribution in [0.4, 0.5) is 0 Å². The third-order valence-electron chi connectivity index (χ3n) is 8.55. The molecule has 8 heteroatoms. The highest BCUT2D eigenvalue weighted by Gasteiger charge is 2.76. The van der Waals surface area contributed by atoms with Crippen LogP contribution in [0.25, 0.3) is 0 Å². The van der Waals surface area contributed by atoms with E-state index in [2.05, 4.69) is 17.6 Å². The Bertz CT molecular complexity index is 771. The molecule has 3 aliphatic heterocycles. The van der Waals surface area contributed by atoms with Crippen molar-refractivity contribution in [2.45, 2.75) is 101 Å². The van der Waals surface area contributed by atoms with Gasteiger partial charge in [-0.2, -0.15) is 0 Å². The maximum atomic E-state index is 14.1. The highest BCUT2D eigenvalue weighted by molar-refractivity contribution is 8.02. The molecule has 1 spiro atoms. The predicted molar refractivity (Wildman–Crippen MR) is 130 cm³/mol. The number of thioether (sulfide) groups is 1. The summed E-state index contributed by atoms with van der Waals surface area (Å²) in [6.45, 7) is 8.53. The van der Waals surface area contributed by atoms with Crippen LogP contribution in [-0.2, 0) is 14.4 Å². The number of fused-ring (bicyclic) bond motifs is 1. The number of nitrogens with one attached hydrogen (secondary N) is 2. The van der Waals surface area contributed by atoms with E-state index in [4.69, 9.17) is 0 Å². The Morgan fingerprint density at radius 2 is 1.91 bits per heavy atom. The predicted octanol–water partition coefficient (Wildman–Crippen LogP) is 2.32. The van der Waals surface area contributed by atoms with Crippen LogP contribution in [0, 0.1) is 23.7 Å². The van der Waals surface area contributed by atoms with Gasteiger partial charge in [-0.3, -0.25) is 14.4 Å². The molecular formula is C25H41N3O4S. The second-order valence-corrected chi connectivity index (χ2v) is 12.5. The number of aliphatic hydroxyl groups is 1. The molecule has 0 aromatic heterocycles. The van der Waals surface area contributed by atoms with Gasteiger partial charge in [-0.1, -0.05) is 47.0 Å². The van der Waals surface area contributed by atoms with Gasteiger partial charge in [-0.05, 0) is 37.5 Å². The summed E-state index contributed by atoms with van der Waals surface area (Å²) >= 11 is 1.71. The molecule has 186 valence electrons. The molecule has 3 amide bonds. The van der Waals surface area contributed by atoms with Crippen molar-refractivity contribution in [3.63, 3.8) is 0 Å². The van der Waals surface area contributed by atoms with Gasteiger partial charge in [0, 0.05) is 17.8 Å². The molecule has 3 unspecified atom stereocenters. The average molecular weight is 480 g/mol. The fourth-order valence-electron chi connectivity index (χ4n) is 6.93. The first-order valence-corrected chi connectivity index (χ1v) is 13.8. The Morgan fingerprint density at radius 3 is 2.52 bits per heavy atom. The molecule has 0 aromatic rings. The van der Waals surface area contributed by atoms with Crippen molar-refractivity contribution in [2.24, 2.45) is 23.7 Å². The van der Waals surface area contributed by atoms with Gasteiger partial charge in [0.2, 0.25) is 17.7 Å². The minimum absolute atomic E-state index is 0.00373. The van der Waals surface area contributed by atoms with Crippen molar-refractivity contribution < 1.29 is 19.5 Å². The second kappa shape index (κ2) is 9.76. The molecule has 0 radical (unpaired) electrons. The zero-order valence-electron chi connectivity index (χ0n) is 20.5. The Labute approximate surface area is 202 Å². The summed E-state index contributed by atoms with van der Waals surface area (Å²) in [6.07, 6.45) is 7.07. The number of rotatable bonds is 8. The van der Waals surface area contributed by atoms with E-state index >= 15 is 0 Å². The van der Waals surface area contributed by atoms with Gasteiger partial charge in [0.25, 0.3) is 0 Å². The van der Waals surface area contributed by atoms with Crippen molar-refractivity contribution in [3.8, 4) is 0 Å². The van der Waals surface area contributed by atoms with Crippen LogP contribution in [0.2, 0.25) is 0 Å². The summed E-state index contributed by atoms with van der Waals surface area (Å²) < 4.78 is -0.614. The molecule has 3 saturated heterocycles. The molecule has 7 nitrogen and oxygen atoms in total. The van der Waals surface area contributed by atoms with Crippen LogP contribution in [0.5, 0.6) is 0 Å². The lowest BCUT2D eigenvalue weighted by Crippen LogP contribution is -2.60. The highest BCUT2D eigenvalue weighted by atomic mass is 32.2. The van der Waals surface area contributed by atoms with E-state index in [1.165, 1.54) is 6.42 Å². The van der Waals surface area contributed by atoms with Crippen molar-refractivity contribution in [1.82, 2.24) is 15.5 Å². The van der Waals surface area contributed by atoms with Gasteiger partial charge < -0.3 is 20.6 Å². The van der Waals surface area contributed by atoms with Crippen molar-refractivity contribution >= 4 is 29.5 Å². The minimum atomic E-state index is -0.648. The summed E-state index contributed by atoms with van der Waals surface area (Å²) in [5.41, 5.74) is 0. The molecular weight excluding hydrogens is 438 g/mol. The molecule has 2 bridgehead atoms. The van der Waals surface area contributed by atoms with E-state index in [-0.39, 0.29) is 47.5 Å². The summed E-state index contributed by atoms with van der Waals surface area (Å²) in [4.78, 5) is 42.9. The quantitative estimate of drug-likeness (QED) is 0.496. The molecule has 4 aliphatic rings. The van der Waals surface area contributed by atoms with Gasteiger partial charge in [0.05, 0.1) is 29.2 Å². The maximum absolute atomic E-state index is 14.1. The maximum Gasteiger partial charge on any atom is 0.244 e. The van der Waals surface area contributed by atoms with Crippen LogP contribution in [-0.4, -0.2) is 69.0 Å². The SMILES string of the molecule is CCCNC(=O)[C@@H]1[C@@H]2CC(C)C3(S2)C(C(=O)NC2CCCCC2)N([C@@H](CO)C(C)C)C(=O)[C@H]13. The van der Waals surface area contributed by atoms with Crippen molar-refractivity contribution in [3.05, 3.63) is 0 Å². The first-order valence-electron chi connectivity index (χ1n) is 13.0. The second-order valence-electron chi connectivity index (χ2n) is 10.9. The fourth-order valence-corrected chi connectivity index (χ4v) is 9.34. The molecule has 1 aliphatic carbocycles. The van der Waals surface area contributed by atoms with E-state index < -0.39 is 28.7 Å². The Balaban J connectivity index is 1.72. The first kappa shape index (κ1) is 24.8. The fraction of sp³-hybridized carbons (Fsp3) is 0.880. The molecule has 3 heterocycles. The Morgan fingerprint density at radius 1 is 1.21 bits per heavy atom. The van der Waals surface area contributed by atoms with Gasteiger partial charge in [0.15, 0.2) is 0 Å². The van der Waals surface area contributed by atoms with Gasteiger partial charge in [0.1, 0.15) is 6.04 Å². The summed E-state index contributed by atoms with van der Waals surface area (Å²) in [7, 11) is 0. The topological polar surface area (TPSA) is 98.7 Å². The zero-order chi connectivity index (χ0) is 23.9. The third-order valence-corrected chi connectivity index (χ3v) is 10.6. The molecule has 0 aromatic carbocycles. The van der Waals surface area contributed by atoms with E-state index in [0.717, 1.165) is 38.5 Å². The standard InChI is InChI=1S/C25H41N3O4S/c1-5-11-26-22(30)19-18-12-15(4)25(33-18)20(19)24(32)28(17(13-29)14(2)3)21(25)23(31)27-16-9-7-6-8-10-16/h14-21,29H,5-13H2,1-4H3,(H,26,30)(H,27,31)/t15?,17-,18-,19+,20-,21?,25?/m0/s1. The van der Waals surface area contributed by atoms with Gasteiger partial charge >= 0.3 is 0 Å². The van der Waals surface area contributed by atoms with E-state index in [1.54, 1.807) is 16.7 Å². The summed E-state index contributed by atoms with van der Waals surface area (Å²) in [5.74, 6) is -1.04. The van der Waals surface area contributed by atoms with E-state index in [1.807, 2.05) is 20.8 Å². The summed E-state index contributed by atoms with van der Waals surface area (Å²) in [6, 6.07) is -0.941. The minimum Gasteiger partial charge on any atom is -0.394 e. The number of carbonyl (C=O) groups excluding carboxylic acids is 3. The van der Waals surface area contributed by atoms with Crippen LogP contribution in [0.3, 0.4) is 0 Å². The number of nitrogens with zero attached hydrogens (tertiary/aromatic N) is 1. The van der Waals surface area contributed by atoms with E-state index in [9.17, 15) is 19.5 Å². The number of amides is 3. The van der Waals surface area contributed by atoms with E-state index in [0.29, 0.717) is 6.54 Å². The number of hydrogen-bond acceptors (Lipinski definition) is 5. The van der Waals surface area contributed by atoms with Crippen LogP contribution in [0.15, 0.2) is 0 Å². The Hall–Kier alpha value is -1.28. The molecule has 4 rings (SSSR count). The molecule has 33 heavy (non-hydrogen) atoms. The third kappa shape index (κ3) is 3.99. The van der Waals surface area contributed by atoms with Crippen LogP contribution in [0.1, 0.15) is 72.6 Å². The van der Waals surface area contributed by atoms with Crippen molar-refractivity contribution in [1.29, 1.82) is 0 Å². The number of hydrogen-bond donors (Lipinski definition) is 3. The number of aliphatic hydroxyl groups excluding tert-OH is 1. The van der Waals surface area contributed by atoms with Crippen LogP contribution >= 0.6 is 11.8 Å². The lowest BCUT2D eigenvalue weighted by atomic mass is 9.65. The van der Waals surface area contributed by atoms with Gasteiger partial charge in [-0.15, -0.1) is 11.8 Å². The normalized spacial score (nSPS) is 36.8. The lowest BCUT2D eigenvalue weighted by Gasteiger charge is -2.41. The van der Waals surface area contributed by atoms with Crippen LogP contribution < -0.4 is 10.6 Å². The highest BCUT2D eigenvalue weighted by Crippen LogP contribution is 2.68. The first-order chi connectivity index (χ1) is 15.8. The number of likely N-dealkylation sites (tertiary alicyclic amines) is 1. The molecule has 7 atom stereocenters. The molecule has 4 fully saturated rings. The monoisotopic (exact) mass is 479 g/mol. The average Bonchev–Trinajstić information content (AvgIpc) is 3.37. The Kier molecular flexibility index (Phi) is 7.35. The summed E-state index contributed by atoms with van der Waals surface area (Å²) in [5, 5.41) is 16.6. The molecule has 3 N–H and O–H groups in total. The smallest absolute Gasteiger partial charge is 0.244 e. The largest absolute Gasteiger partial charge is 0.394 e. The lowest BCUT2D eigenvalue weighted by molar-refractivity contribution is -0.144.